The predicted molar refractivity (Wildman–Crippen MR) is 70.8 cm³/mol. The minimum atomic E-state index is -0.0499. The van der Waals surface area contributed by atoms with Gasteiger partial charge in [-0.25, -0.2) is 0 Å². The van der Waals surface area contributed by atoms with Crippen molar-refractivity contribution in [3.8, 4) is 0 Å². The Bertz CT molecular complexity index is 288. The van der Waals surface area contributed by atoms with E-state index in [-0.39, 0.29) is 17.9 Å². The molecule has 5 heteroatoms. The first kappa shape index (κ1) is 15.0. The van der Waals surface area contributed by atoms with Gasteiger partial charge in [-0.05, 0) is 24.7 Å². The van der Waals surface area contributed by atoms with Gasteiger partial charge in [0.15, 0.2) is 0 Å². The van der Waals surface area contributed by atoms with Crippen molar-refractivity contribution in [1.82, 2.24) is 10.6 Å². The maximum Gasteiger partial charge on any atom is 0.221 e. The molecule has 1 aliphatic rings. The summed E-state index contributed by atoms with van der Waals surface area (Å²) in [6, 6.07) is -0.0141. The summed E-state index contributed by atoms with van der Waals surface area (Å²) >= 11 is 0. The Balaban J connectivity index is 2.02. The smallest absolute Gasteiger partial charge is 0.221 e. The highest BCUT2D eigenvalue weighted by Crippen LogP contribution is 2.32. The van der Waals surface area contributed by atoms with Gasteiger partial charge >= 0.3 is 0 Å². The zero-order valence-electron chi connectivity index (χ0n) is 11.4. The van der Waals surface area contributed by atoms with Crippen LogP contribution in [0.1, 0.15) is 39.5 Å². The zero-order valence-corrected chi connectivity index (χ0v) is 11.4. The third kappa shape index (κ3) is 6.59. The molecule has 5 nitrogen and oxygen atoms in total. The summed E-state index contributed by atoms with van der Waals surface area (Å²) in [4.78, 5) is 22.9. The SMILES string of the molecule is CC(C)CNC(=O)CCNC(=O)CC(N)C1CC1. The van der Waals surface area contributed by atoms with Crippen LogP contribution in [0, 0.1) is 11.8 Å². The molecule has 1 saturated carbocycles. The van der Waals surface area contributed by atoms with E-state index in [2.05, 4.69) is 10.6 Å². The summed E-state index contributed by atoms with van der Waals surface area (Å²) in [6.45, 7) is 5.15. The second-order valence-electron chi connectivity index (χ2n) is 5.50. The first-order valence-electron chi connectivity index (χ1n) is 6.78. The van der Waals surface area contributed by atoms with Gasteiger partial charge in [0.05, 0.1) is 0 Å². The standard InChI is InChI=1S/C13H25N3O2/c1-9(2)8-16-12(17)5-6-15-13(18)7-11(14)10-3-4-10/h9-11H,3-8,14H2,1-2H3,(H,15,18)(H,16,17). The third-order valence-electron chi connectivity index (χ3n) is 3.03. The summed E-state index contributed by atoms with van der Waals surface area (Å²) in [5.74, 6) is 0.909. The van der Waals surface area contributed by atoms with E-state index in [0.29, 0.717) is 37.8 Å². The highest BCUT2D eigenvalue weighted by molar-refractivity contribution is 5.79. The van der Waals surface area contributed by atoms with Crippen molar-refractivity contribution in [3.05, 3.63) is 0 Å². The fourth-order valence-electron chi connectivity index (χ4n) is 1.70. The largest absolute Gasteiger partial charge is 0.356 e. The molecule has 0 aromatic rings. The Labute approximate surface area is 109 Å². The number of rotatable bonds is 8. The minimum absolute atomic E-state index is 0.0141. The molecule has 0 saturated heterocycles. The molecule has 2 amide bonds. The molecule has 104 valence electrons. The quantitative estimate of drug-likeness (QED) is 0.586. The monoisotopic (exact) mass is 255 g/mol. The number of carbonyl (C=O) groups is 2. The fourth-order valence-corrected chi connectivity index (χ4v) is 1.70. The molecule has 0 radical (unpaired) electrons. The van der Waals surface area contributed by atoms with E-state index in [1.165, 1.54) is 0 Å². The van der Waals surface area contributed by atoms with Crippen LogP contribution in [0.25, 0.3) is 0 Å². The molecule has 0 aromatic heterocycles. The molecule has 1 aliphatic carbocycles. The van der Waals surface area contributed by atoms with Crippen LogP contribution < -0.4 is 16.4 Å². The molecular weight excluding hydrogens is 230 g/mol. The molecule has 1 rings (SSSR count). The molecule has 1 fully saturated rings. The number of nitrogens with two attached hydrogens (primary N) is 1. The molecule has 18 heavy (non-hydrogen) atoms. The number of nitrogens with one attached hydrogen (secondary N) is 2. The van der Waals surface area contributed by atoms with Gasteiger partial charge in [0.25, 0.3) is 0 Å². The average Bonchev–Trinajstić information content (AvgIpc) is 3.09. The number of hydrogen-bond acceptors (Lipinski definition) is 3. The predicted octanol–water partition coefficient (Wildman–Crippen LogP) is 0.392. The molecule has 0 spiro atoms. The Morgan fingerprint density at radius 3 is 2.44 bits per heavy atom. The normalized spacial score (nSPS) is 16.4. The van der Waals surface area contributed by atoms with E-state index in [9.17, 15) is 9.59 Å². The van der Waals surface area contributed by atoms with Gasteiger partial charge in [0.1, 0.15) is 0 Å². The van der Waals surface area contributed by atoms with Crippen molar-refractivity contribution >= 4 is 11.8 Å². The fraction of sp³-hybridized carbons (Fsp3) is 0.846. The lowest BCUT2D eigenvalue weighted by Gasteiger charge is -2.11. The Kier molecular flexibility index (Phi) is 6.12. The average molecular weight is 255 g/mol. The van der Waals surface area contributed by atoms with E-state index in [1.54, 1.807) is 0 Å². The van der Waals surface area contributed by atoms with Crippen LogP contribution in [0.3, 0.4) is 0 Å². The maximum atomic E-state index is 11.5. The van der Waals surface area contributed by atoms with Gasteiger partial charge < -0.3 is 16.4 Å². The van der Waals surface area contributed by atoms with Crippen LogP contribution in [0.2, 0.25) is 0 Å². The van der Waals surface area contributed by atoms with Crippen molar-refractivity contribution in [2.75, 3.05) is 13.1 Å². The van der Waals surface area contributed by atoms with Crippen molar-refractivity contribution < 1.29 is 9.59 Å². The lowest BCUT2D eigenvalue weighted by atomic mass is 10.1. The van der Waals surface area contributed by atoms with Crippen molar-refractivity contribution in [1.29, 1.82) is 0 Å². The van der Waals surface area contributed by atoms with E-state index in [4.69, 9.17) is 5.73 Å². The zero-order chi connectivity index (χ0) is 13.5. The van der Waals surface area contributed by atoms with Crippen molar-refractivity contribution in [3.63, 3.8) is 0 Å². The van der Waals surface area contributed by atoms with E-state index in [0.717, 1.165) is 12.8 Å². The molecule has 0 bridgehead atoms. The summed E-state index contributed by atoms with van der Waals surface area (Å²) in [7, 11) is 0. The lowest BCUT2D eigenvalue weighted by molar-refractivity contribution is -0.122. The van der Waals surface area contributed by atoms with Crippen molar-refractivity contribution in [2.24, 2.45) is 17.6 Å². The highest BCUT2D eigenvalue weighted by atomic mass is 16.2. The summed E-state index contributed by atoms with van der Waals surface area (Å²) in [5, 5.41) is 5.54. The van der Waals surface area contributed by atoms with Crippen LogP contribution in [0.15, 0.2) is 0 Å². The molecule has 1 unspecified atom stereocenters. The van der Waals surface area contributed by atoms with Gasteiger partial charge in [-0.1, -0.05) is 13.8 Å². The van der Waals surface area contributed by atoms with Crippen LogP contribution in [0.4, 0.5) is 0 Å². The third-order valence-corrected chi connectivity index (χ3v) is 3.03. The second kappa shape index (κ2) is 7.36. The molecule has 1 atom stereocenters. The van der Waals surface area contributed by atoms with Gasteiger partial charge in [-0.15, -0.1) is 0 Å². The Morgan fingerprint density at radius 2 is 1.89 bits per heavy atom. The van der Waals surface area contributed by atoms with Crippen LogP contribution >= 0.6 is 0 Å². The summed E-state index contributed by atoms with van der Waals surface area (Å²) in [5.41, 5.74) is 5.85. The van der Waals surface area contributed by atoms with Gasteiger partial charge in [0, 0.05) is 32.0 Å². The second-order valence-corrected chi connectivity index (χ2v) is 5.50. The number of hydrogen-bond donors (Lipinski definition) is 3. The van der Waals surface area contributed by atoms with Crippen LogP contribution in [-0.4, -0.2) is 30.9 Å². The first-order chi connectivity index (χ1) is 8.49. The lowest BCUT2D eigenvalue weighted by Crippen LogP contribution is -2.35. The molecular formula is C13H25N3O2. The molecule has 0 aromatic carbocycles. The van der Waals surface area contributed by atoms with Crippen molar-refractivity contribution in [2.45, 2.75) is 45.6 Å². The first-order valence-corrected chi connectivity index (χ1v) is 6.78. The van der Waals surface area contributed by atoms with Crippen LogP contribution in [-0.2, 0) is 9.59 Å². The maximum absolute atomic E-state index is 11.5. The van der Waals surface area contributed by atoms with E-state index in [1.807, 2.05) is 13.8 Å². The summed E-state index contributed by atoms with van der Waals surface area (Å²) in [6.07, 6.45) is 2.99. The molecule has 4 N–H and O–H groups in total. The van der Waals surface area contributed by atoms with E-state index >= 15 is 0 Å². The Hall–Kier alpha value is -1.10. The highest BCUT2D eigenvalue weighted by Gasteiger charge is 2.29. The molecule has 0 aliphatic heterocycles. The van der Waals surface area contributed by atoms with E-state index < -0.39 is 0 Å². The van der Waals surface area contributed by atoms with Gasteiger partial charge in [0.2, 0.25) is 11.8 Å². The minimum Gasteiger partial charge on any atom is -0.356 e. The van der Waals surface area contributed by atoms with Gasteiger partial charge in [-0.2, -0.15) is 0 Å². The Morgan fingerprint density at radius 1 is 1.22 bits per heavy atom. The van der Waals surface area contributed by atoms with Gasteiger partial charge in [-0.3, -0.25) is 9.59 Å². The summed E-state index contributed by atoms with van der Waals surface area (Å²) < 4.78 is 0. The number of carbonyl (C=O) groups excluding carboxylic acids is 2. The topological polar surface area (TPSA) is 84.2 Å². The molecule has 0 heterocycles. The number of amides is 2. The van der Waals surface area contributed by atoms with Crippen LogP contribution in [0.5, 0.6) is 0 Å².